The van der Waals surface area contributed by atoms with E-state index in [0.29, 0.717) is 5.92 Å². The summed E-state index contributed by atoms with van der Waals surface area (Å²) < 4.78 is 5.89. The second kappa shape index (κ2) is 5.44. The molecule has 1 aliphatic heterocycles. The smallest absolute Gasteiger partial charge is 0.311 e. The number of nitrogens with one attached hydrogen (secondary N) is 1. The minimum absolute atomic E-state index is 0.00710. The maximum Gasteiger partial charge on any atom is 0.311 e. The number of amides is 1. The molecule has 2 N–H and O–H groups in total. The van der Waals surface area contributed by atoms with Gasteiger partial charge in [0.1, 0.15) is 0 Å². The third kappa shape index (κ3) is 2.04. The van der Waals surface area contributed by atoms with E-state index >= 15 is 0 Å². The van der Waals surface area contributed by atoms with Crippen molar-refractivity contribution in [3.05, 3.63) is 33.9 Å². The maximum atomic E-state index is 12.6. The van der Waals surface area contributed by atoms with Crippen LogP contribution in [0.5, 0.6) is 5.75 Å². The van der Waals surface area contributed by atoms with Crippen molar-refractivity contribution in [1.29, 1.82) is 0 Å². The quantitative estimate of drug-likeness (QED) is 0.653. The van der Waals surface area contributed by atoms with E-state index in [1.807, 2.05) is 0 Å². The van der Waals surface area contributed by atoms with Crippen LogP contribution in [-0.2, 0) is 4.74 Å². The summed E-state index contributed by atoms with van der Waals surface area (Å²) in [6.07, 6.45) is 5.52. The number of fused-ring (bicyclic) bond motifs is 2. The third-order valence-electron chi connectivity index (χ3n) is 6.03. The molecule has 0 radical (unpaired) electrons. The number of carbonyl (C=O) groups excluding carboxylic acids is 1. The average Bonchev–Trinajstić information content (AvgIpc) is 3.20. The first-order valence-electron chi connectivity index (χ1n) is 8.43. The molecule has 0 aromatic heterocycles. The molecule has 1 aromatic carbocycles. The SMILES string of the molecule is O=C(N[C@@H]1[C@@H]2CCO[C@@H]2C12CCCC2)c1cccc([N+](=O)[O-])c1O. The summed E-state index contributed by atoms with van der Waals surface area (Å²) in [4.78, 5) is 22.9. The fourth-order valence-corrected chi connectivity index (χ4v) is 4.99. The fraction of sp³-hybridized carbons (Fsp3) is 0.588. The van der Waals surface area contributed by atoms with Crippen LogP contribution in [0.1, 0.15) is 42.5 Å². The van der Waals surface area contributed by atoms with Crippen LogP contribution in [0.15, 0.2) is 18.2 Å². The molecule has 0 bridgehead atoms. The van der Waals surface area contributed by atoms with E-state index in [1.54, 1.807) is 0 Å². The van der Waals surface area contributed by atoms with Crippen LogP contribution >= 0.6 is 0 Å². The number of nitro groups is 1. The third-order valence-corrected chi connectivity index (χ3v) is 6.03. The van der Waals surface area contributed by atoms with Crippen molar-refractivity contribution in [1.82, 2.24) is 5.32 Å². The molecule has 2 saturated carbocycles. The Hall–Kier alpha value is -2.15. The van der Waals surface area contributed by atoms with Crippen LogP contribution in [0, 0.1) is 21.4 Å². The molecule has 1 amide bonds. The van der Waals surface area contributed by atoms with E-state index in [4.69, 9.17) is 4.74 Å². The summed E-state index contributed by atoms with van der Waals surface area (Å²) in [6, 6.07) is 4.05. The van der Waals surface area contributed by atoms with Crippen LogP contribution in [0.25, 0.3) is 0 Å². The molecule has 24 heavy (non-hydrogen) atoms. The number of rotatable bonds is 3. The summed E-state index contributed by atoms with van der Waals surface area (Å²) in [6.45, 7) is 0.728. The Balaban J connectivity index is 1.58. The van der Waals surface area contributed by atoms with E-state index in [2.05, 4.69) is 5.32 Å². The first kappa shape index (κ1) is 15.4. The highest BCUT2D eigenvalue weighted by Crippen LogP contribution is 2.60. The monoisotopic (exact) mass is 332 g/mol. The van der Waals surface area contributed by atoms with Crippen LogP contribution in [0.4, 0.5) is 5.69 Å². The van der Waals surface area contributed by atoms with Gasteiger partial charge in [-0.2, -0.15) is 0 Å². The molecule has 128 valence electrons. The predicted octanol–water partition coefficient (Wildman–Crippen LogP) is 2.38. The van der Waals surface area contributed by atoms with Gasteiger partial charge >= 0.3 is 5.69 Å². The van der Waals surface area contributed by atoms with E-state index < -0.39 is 22.3 Å². The molecule has 1 aromatic rings. The van der Waals surface area contributed by atoms with Crippen molar-refractivity contribution >= 4 is 11.6 Å². The number of hydrogen-bond donors (Lipinski definition) is 2. The number of carbonyl (C=O) groups is 1. The normalized spacial score (nSPS) is 29.9. The molecular weight excluding hydrogens is 312 g/mol. The molecule has 0 unspecified atom stereocenters. The highest BCUT2D eigenvalue weighted by atomic mass is 16.6. The summed E-state index contributed by atoms with van der Waals surface area (Å²) >= 11 is 0. The molecular formula is C17H20N2O5. The first-order valence-corrected chi connectivity index (χ1v) is 8.43. The number of para-hydroxylation sites is 1. The zero-order valence-electron chi connectivity index (χ0n) is 13.2. The van der Waals surface area contributed by atoms with Gasteiger partial charge in [0.15, 0.2) is 0 Å². The van der Waals surface area contributed by atoms with E-state index in [9.17, 15) is 20.0 Å². The number of aromatic hydroxyl groups is 1. The number of phenolic OH excluding ortho intramolecular Hbond substituents is 1. The predicted molar refractivity (Wildman–Crippen MR) is 84.8 cm³/mol. The van der Waals surface area contributed by atoms with Crippen LogP contribution in [-0.4, -0.2) is 34.7 Å². The topological polar surface area (TPSA) is 102 Å². The van der Waals surface area contributed by atoms with Gasteiger partial charge in [0.05, 0.1) is 16.6 Å². The lowest BCUT2D eigenvalue weighted by atomic mass is 9.54. The fourth-order valence-electron chi connectivity index (χ4n) is 4.99. The summed E-state index contributed by atoms with van der Waals surface area (Å²) in [5.41, 5.74) is -0.485. The Labute approximate surface area is 139 Å². The molecule has 4 rings (SSSR count). The van der Waals surface area contributed by atoms with Gasteiger partial charge in [-0.1, -0.05) is 18.9 Å². The molecule has 3 aliphatic rings. The number of hydrogen-bond acceptors (Lipinski definition) is 5. The molecule has 3 fully saturated rings. The van der Waals surface area contributed by atoms with Gasteiger partial charge in [-0.05, 0) is 25.3 Å². The maximum absolute atomic E-state index is 12.6. The van der Waals surface area contributed by atoms with Gasteiger partial charge in [0.2, 0.25) is 5.75 Å². The first-order chi connectivity index (χ1) is 11.5. The van der Waals surface area contributed by atoms with Gasteiger partial charge in [-0.25, -0.2) is 0 Å². The second-order valence-electron chi connectivity index (χ2n) is 7.07. The van der Waals surface area contributed by atoms with Crippen molar-refractivity contribution in [2.45, 2.75) is 44.2 Å². The zero-order chi connectivity index (χ0) is 16.9. The molecule has 2 aliphatic carbocycles. The Morgan fingerprint density at radius 2 is 2.12 bits per heavy atom. The number of phenols is 1. The van der Waals surface area contributed by atoms with Gasteiger partial charge in [0.25, 0.3) is 5.91 Å². The zero-order valence-corrected chi connectivity index (χ0v) is 13.2. The van der Waals surface area contributed by atoms with Gasteiger partial charge < -0.3 is 15.2 Å². The standard InChI is InChI=1S/C17H20N2O5/c20-13-10(4-3-5-12(13)19(22)23)16(21)18-14-11-6-9-24-15(11)17(14)7-1-2-8-17/h3-5,11,14-15,20H,1-2,6-9H2,(H,18,21)/t11-,14+,15-/m0/s1. The van der Waals surface area contributed by atoms with E-state index in [0.717, 1.165) is 38.7 Å². The van der Waals surface area contributed by atoms with E-state index in [1.165, 1.54) is 18.2 Å². The summed E-state index contributed by atoms with van der Waals surface area (Å²) in [7, 11) is 0. The number of nitro benzene ring substituents is 1. The van der Waals surface area contributed by atoms with Crippen molar-refractivity contribution in [2.75, 3.05) is 6.61 Å². The molecule has 3 atom stereocenters. The molecule has 1 heterocycles. The number of nitrogens with zero attached hydrogens (tertiary/aromatic N) is 1. The highest BCUT2D eigenvalue weighted by Gasteiger charge is 2.65. The van der Waals surface area contributed by atoms with Crippen molar-refractivity contribution in [2.24, 2.45) is 11.3 Å². The molecule has 1 spiro atoms. The summed E-state index contributed by atoms with van der Waals surface area (Å²) in [5.74, 6) is -0.704. The van der Waals surface area contributed by atoms with Gasteiger partial charge in [-0.3, -0.25) is 14.9 Å². The van der Waals surface area contributed by atoms with Gasteiger partial charge in [-0.15, -0.1) is 0 Å². The van der Waals surface area contributed by atoms with Crippen molar-refractivity contribution in [3.8, 4) is 5.75 Å². The largest absolute Gasteiger partial charge is 0.502 e. The van der Waals surface area contributed by atoms with Crippen molar-refractivity contribution < 1.29 is 19.6 Å². The van der Waals surface area contributed by atoms with Crippen LogP contribution < -0.4 is 5.32 Å². The Kier molecular flexibility index (Phi) is 3.49. The van der Waals surface area contributed by atoms with E-state index in [-0.39, 0.29) is 23.1 Å². The number of benzene rings is 1. The lowest BCUT2D eigenvalue weighted by Gasteiger charge is -2.56. The lowest BCUT2D eigenvalue weighted by molar-refractivity contribution is -0.385. The molecule has 7 nitrogen and oxygen atoms in total. The second-order valence-corrected chi connectivity index (χ2v) is 7.07. The average molecular weight is 332 g/mol. The minimum Gasteiger partial charge on any atom is -0.502 e. The van der Waals surface area contributed by atoms with Gasteiger partial charge in [0, 0.05) is 30.0 Å². The minimum atomic E-state index is -0.686. The Morgan fingerprint density at radius 3 is 2.83 bits per heavy atom. The van der Waals surface area contributed by atoms with Crippen LogP contribution in [0.3, 0.4) is 0 Å². The van der Waals surface area contributed by atoms with Crippen molar-refractivity contribution in [3.63, 3.8) is 0 Å². The Morgan fingerprint density at radius 1 is 1.38 bits per heavy atom. The Bertz CT molecular complexity index is 698. The molecule has 1 saturated heterocycles. The van der Waals surface area contributed by atoms with Crippen LogP contribution in [0.2, 0.25) is 0 Å². The summed E-state index contributed by atoms with van der Waals surface area (Å²) in [5, 5.41) is 24.0. The number of ether oxygens (including phenoxy) is 1. The highest BCUT2D eigenvalue weighted by molar-refractivity contribution is 5.98. The lowest BCUT2D eigenvalue weighted by Crippen LogP contribution is -2.68. The molecule has 7 heteroatoms.